The molecule has 3 aromatic rings. The van der Waals surface area contributed by atoms with Crippen LogP contribution < -0.4 is 16.7 Å². The molecule has 1 aliphatic rings. The number of Topliss-reactive ketones (excluding diaryl/α,β-unsaturated/α-hetero) is 1. The van der Waals surface area contributed by atoms with Crippen LogP contribution in [0.3, 0.4) is 0 Å². The van der Waals surface area contributed by atoms with E-state index in [1.165, 1.54) is 29.3 Å². The summed E-state index contributed by atoms with van der Waals surface area (Å²) in [6.45, 7) is 0.0563. The Bertz CT molecular complexity index is 1320. The number of carboxylic acids is 1. The fourth-order valence-corrected chi connectivity index (χ4v) is 4.69. The van der Waals surface area contributed by atoms with Crippen molar-refractivity contribution in [2.75, 3.05) is 5.01 Å². The van der Waals surface area contributed by atoms with E-state index in [0.29, 0.717) is 24.1 Å². The molecule has 0 fully saturated rings. The first kappa shape index (κ1) is 25.6. The zero-order chi connectivity index (χ0) is 26.4. The van der Waals surface area contributed by atoms with Gasteiger partial charge in [0.1, 0.15) is 12.1 Å². The Morgan fingerprint density at radius 3 is 2.27 bits per heavy atom. The summed E-state index contributed by atoms with van der Waals surface area (Å²) in [5.41, 5.74) is 1.45. The third kappa shape index (κ3) is 5.36. The van der Waals surface area contributed by atoms with Gasteiger partial charge in [-0.05, 0) is 36.5 Å². The Kier molecular flexibility index (Phi) is 7.64. The molecule has 1 unspecified atom stereocenters. The molecule has 1 atom stereocenters. The quantitative estimate of drug-likeness (QED) is 0.140. The molecule has 0 saturated heterocycles. The van der Waals surface area contributed by atoms with Crippen molar-refractivity contribution in [2.45, 2.75) is 37.8 Å². The van der Waals surface area contributed by atoms with Crippen molar-refractivity contribution in [3.8, 4) is 0 Å². The summed E-state index contributed by atoms with van der Waals surface area (Å²) in [4.78, 5) is 38.3. The van der Waals surface area contributed by atoms with Gasteiger partial charge in [-0.25, -0.2) is 10.6 Å². The van der Waals surface area contributed by atoms with Crippen molar-refractivity contribution in [3.63, 3.8) is 0 Å². The van der Waals surface area contributed by atoms with E-state index in [9.17, 15) is 19.5 Å². The lowest BCUT2D eigenvalue weighted by molar-refractivity contribution is -0.138. The van der Waals surface area contributed by atoms with Gasteiger partial charge in [-0.1, -0.05) is 72.8 Å². The van der Waals surface area contributed by atoms with Gasteiger partial charge >= 0.3 is 11.9 Å². The number of nitrogens with two attached hydrogens (primary N) is 2. The lowest BCUT2D eigenvalue weighted by Gasteiger charge is -2.39. The van der Waals surface area contributed by atoms with Crippen LogP contribution in [0.5, 0.6) is 0 Å². The number of hydrazone groups is 1. The Morgan fingerprint density at radius 2 is 1.59 bits per heavy atom. The fraction of sp³-hybridized carbons (Fsp3) is 0.214. The van der Waals surface area contributed by atoms with E-state index in [1.54, 1.807) is 12.1 Å². The van der Waals surface area contributed by atoms with Crippen LogP contribution in [0, 0.1) is 0 Å². The number of benzene rings is 3. The SMILES string of the molecule is NN=C(C(=O)OCc1ccccc1)c1ccc(C(=O)C2(CC(=O)O)CCCc3ccccc3N2N)cc1. The van der Waals surface area contributed by atoms with Crippen LogP contribution in [0.15, 0.2) is 84.0 Å². The smallest absolute Gasteiger partial charge is 0.359 e. The molecule has 3 aromatic carbocycles. The molecule has 0 bridgehead atoms. The van der Waals surface area contributed by atoms with Gasteiger partial charge in [-0.3, -0.25) is 14.6 Å². The second-order valence-electron chi connectivity index (χ2n) is 8.90. The maximum absolute atomic E-state index is 13.8. The fourth-order valence-electron chi connectivity index (χ4n) is 4.69. The zero-order valence-electron chi connectivity index (χ0n) is 20.2. The summed E-state index contributed by atoms with van der Waals surface area (Å²) in [6.07, 6.45) is 1.09. The molecule has 0 saturated carbocycles. The molecule has 190 valence electrons. The molecule has 0 aliphatic carbocycles. The Labute approximate surface area is 214 Å². The van der Waals surface area contributed by atoms with Crippen LogP contribution >= 0.6 is 0 Å². The number of para-hydroxylation sites is 1. The summed E-state index contributed by atoms with van der Waals surface area (Å²) in [7, 11) is 0. The molecular formula is C28H28N4O5. The predicted octanol–water partition coefficient (Wildman–Crippen LogP) is 3.21. The van der Waals surface area contributed by atoms with Crippen LogP contribution in [0.2, 0.25) is 0 Å². The zero-order valence-corrected chi connectivity index (χ0v) is 20.2. The van der Waals surface area contributed by atoms with Gasteiger partial charge in [-0.2, -0.15) is 5.10 Å². The molecule has 0 amide bonds. The number of ether oxygens (including phenoxy) is 1. The minimum absolute atomic E-state index is 0.0563. The number of aryl methyl sites for hydroxylation is 1. The van der Waals surface area contributed by atoms with Gasteiger partial charge in [0.15, 0.2) is 11.5 Å². The van der Waals surface area contributed by atoms with Crippen molar-refractivity contribution in [2.24, 2.45) is 16.8 Å². The van der Waals surface area contributed by atoms with E-state index in [1.807, 2.05) is 42.5 Å². The lowest BCUT2D eigenvalue weighted by atomic mass is 9.81. The molecule has 1 heterocycles. The molecule has 5 N–H and O–H groups in total. The third-order valence-corrected chi connectivity index (χ3v) is 6.57. The number of carbonyl (C=O) groups is 3. The van der Waals surface area contributed by atoms with Crippen molar-refractivity contribution in [1.29, 1.82) is 0 Å². The number of rotatable bonds is 8. The summed E-state index contributed by atoms with van der Waals surface area (Å²) >= 11 is 0. The second kappa shape index (κ2) is 11.0. The number of carbonyl (C=O) groups excluding carboxylic acids is 2. The van der Waals surface area contributed by atoms with Crippen molar-refractivity contribution in [1.82, 2.24) is 0 Å². The standard InChI is InChI=1S/C28H28N4O5/c29-31-25(27(36)37-18-19-7-2-1-3-8-19)21-12-14-22(15-13-21)26(35)28(17-24(33)34)16-6-10-20-9-4-5-11-23(20)32(28)30/h1-5,7-9,11-15H,6,10,16-18,29-30H2,(H,33,34). The van der Waals surface area contributed by atoms with Crippen LogP contribution in [-0.4, -0.2) is 34.1 Å². The van der Waals surface area contributed by atoms with E-state index < -0.39 is 29.7 Å². The molecule has 0 radical (unpaired) electrons. The highest BCUT2D eigenvalue weighted by Crippen LogP contribution is 2.37. The number of hydrazine groups is 1. The summed E-state index contributed by atoms with van der Waals surface area (Å²) in [5.74, 6) is 9.71. The van der Waals surface area contributed by atoms with E-state index in [0.717, 1.165) is 11.1 Å². The molecule has 4 rings (SSSR count). The number of nitrogens with zero attached hydrogens (tertiary/aromatic N) is 2. The highest BCUT2D eigenvalue weighted by atomic mass is 16.5. The summed E-state index contributed by atoms with van der Waals surface area (Å²) < 4.78 is 5.32. The molecule has 1 aliphatic heterocycles. The van der Waals surface area contributed by atoms with Gasteiger partial charge in [0, 0.05) is 11.1 Å². The van der Waals surface area contributed by atoms with Crippen LogP contribution in [0.1, 0.15) is 46.3 Å². The summed E-state index contributed by atoms with van der Waals surface area (Å²) in [5, 5.41) is 14.6. The molecule has 37 heavy (non-hydrogen) atoms. The number of carboxylic acid groups (broad SMARTS) is 1. The minimum Gasteiger partial charge on any atom is -0.481 e. The van der Waals surface area contributed by atoms with Gasteiger partial charge in [-0.15, -0.1) is 0 Å². The van der Waals surface area contributed by atoms with Gasteiger partial charge in [0.2, 0.25) is 0 Å². The van der Waals surface area contributed by atoms with Crippen LogP contribution in [0.4, 0.5) is 5.69 Å². The number of esters is 1. The number of fused-ring (bicyclic) bond motifs is 1. The monoisotopic (exact) mass is 500 g/mol. The predicted molar refractivity (Wildman–Crippen MR) is 139 cm³/mol. The van der Waals surface area contributed by atoms with E-state index in [2.05, 4.69) is 5.10 Å². The average Bonchev–Trinajstić information content (AvgIpc) is 3.05. The average molecular weight is 501 g/mol. The maximum atomic E-state index is 13.8. The molecule has 0 aromatic heterocycles. The Hall–Kier alpha value is -4.50. The molecule has 9 heteroatoms. The highest BCUT2D eigenvalue weighted by molar-refractivity contribution is 6.43. The van der Waals surface area contributed by atoms with Crippen molar-refractivity contribution >= 4 is 29.1 Å². The number of hydrogen-bond donors (Lipinski definition) is 3. The van der Waals surface area contributed by atoms with E-state index in [4.69, 9.17) is 16.4 Å². The third-order valence-electron chi connectivity index (χ3n) is 6.57. The van der Waals surface area contributed by atoms with Crippen molar-refractivity contribution in [3.05, 3.63) is 101 Å². The van der Waals surface area contributed by atoms with Crippen LogP contribution in [0.25, 0.3) is 0 Å². The Morgan fingerprint density at radius 1 is 0.946 bits per heavy atom. The number of anilines is 1. The molecule has 9 nitrogen and oxygen atoms in total. The first-order valence-corrected chi connectivity index (χ1v) is 11.8. The molecular weight excluding hydrogens is 472 g/mol. The molecule has 0 spiro atoms. The number of ketones is 1. The Balaban J connectivity index is 1.59. The van der Waals surface area contributed by atoms with Gasteiger partial charge < -0.3 is 15.7 Å². The normalized spacial score (nSPS) is 17.4. The van der Waals surface area contributed by atoms with E-state index >= 15 is 0 Å². The van der Waals surface area contributed by atoms with Gasteiger partial charge in [0.05, 0.1) is 12.1 Å². The van der Waals surface area contributed by atoms with Gasteiger partial charge in [0.25, 0.3) is 0 Å². The largest absolute Gasteiger partial charge is 0.481 e. The topological polar surface area (TPSA) is 148 Å². The van der Waals surface area contributed by atoms with Crippen molar-refractivity contribution < 1.29 is 24.2 Å². The number of hydrogen-bond acceptors (Lipinski definition) is 8. The van der Waals surface area contributed by atoms with E-state index in [-0.39, 0.29) is 24.3 Å². The summed E-state index contributed by atoms with van der Waals surface area (Å²) in [6, 6.07) is 22.7. The maximum Gasteiger partial charge on any atom is 0.359 e. The highest BCUT2D eigenvalue weighted by Gasteiger charge is 2.46. The first-order chi connectivity index (χ1) is 17.9. The number of aliphatic carboxylic acids is 1. The van der Waals surface area contributed by atoms with Crippen LogP contribution in [-0.2, 0) is 27.4 Å². The minimum atomic E-state index is -1.47. The first-order valence-electron chi connectivity index (χ1n) is 11.8. The lowest BCUT2D eigenvalue weighted by Crippen LogP contribution is -2.59. The second-order valence-corrected chi connectivity index (χ2v) is 8.90.